The molecule has 0 unspecified atom stereocenters. The van der Waals surface area contributed by atoms with Crippen LogP contribution in [0.15, 0.2) is 65.7 Å². The molecule has 2 aliphatic rings. The van der Waals surface area contributed by atoms with Gasteiger partial charge in [-0.1, -0.05) is 74.5 Å². The molecule has 0 saturated carbocycles. The van der Waals surface area contributed by atoms with Crippen molar-refractivity contribution in [2.45, 2.75) is 183 Å². The highest BCUT2D eigenvalue weighted by atomic mass is 32.2. The van der Waals surface area contributed by atoms with E-state index in [2.05, 4.69) is 47.5 Å². The molecule has 13 amide bonds. The Morgan fingerprint density at radius 2 is 1.01 bits per heavy atom. The zero-order valence-electron chi connectivity index (χ0n) is 54.5. The van der Waals surface area contributed by atoms with Gasteiger partial charge in [0.05, 0.1) is 12.6 Å². The van der Waals surface area contributed by atoms with Gasteiger partial charge in [0.25, 0.3) is 0 Å². The number of carbonyl (C=O) groups excluding carboxylic acids is 13. The number of aliphatic imine (C=N–C) groups is 1. The van der Waals surface area contributed by atoms with Gasteiger partial charge in [-0.3, -0.25) is 67.3 Å². The molecule has 0 spiro atoms. The Bertz CT molecular complexity index is 2960. The van der Waals surface area contributed by atoms with Crippen molar-refractivity contribution in [1.29, 1.82) is 0 Å². The Morgan fingerprint density at radius 1 is 0.537 bits per heavy atom. The smallest absolute Gasteiger partial charge is 0.245 e. The molecule has 2 saturated heterocycles. The monoisotopic (exact) mass is 1350 g/mol. The summed E-state index contributed by atoms with van der Waals surface area (Å²) in [5.74, 6) is -9.80. The number of rotatable bonds is 42. The van der Waals surface area contributed by atoms with E-state index in [1.165, 1.54) is 21.6 Å². The number of unbranched alkanes of at least 4 members (excludes halogenated alkanes) is 1. The average molecular weight is 1350 g/mol. The first-order chi connectivity index (χ1) is 45.2. The first kappa shape index (κ1) is 78.5. The molecule has 0 aliphatic carbocycles. The third kappa shape index (κ3) is 27.5. The van der Waals surface area contributed by atoms with E-state index in [0.29, 0.717) is 55.4 Å². The van der Waals surface area contributed by atoms with Crippen molar-refractivity contribution in [3.63, 3.8) is 0 Å². The fourth-order valence-corrected chi connectivity index (χ4v) is 11.5. The van der Waals surface area contributed by atoms with Crippen LogP contribution in [0.3, 0.4) is 0 Å². The minimum atomic E-state index is -1.64. The highest BCUT2D eigenvalue weighted by molar-refractivity contribution is 7.98. The van der Waals surface area contributed by atoms with E-state index >= 15 is 0 Å². The highest BCUT2D eigenvalue weighted by Crippen LogP contribution is 2.24. The van der Waals surface area contributed by atoms with E-state index in [-0.39, 0.29) is 83.0 Å². The molecule has 0 aromatic heterocycles. The van der Waals surface area contributed by atoms with Gasteiger partial charge in [0.1, 0.15) is 54.4 Å². The Balaban J connectivity index is 1.56. The Labute approximate surface area is 558 Å². The van der Waals surface area contributed by atoms with Crippen LogP contribution < -0.4 is 82.7 Å². The molecule has 2 aromatic carbocycles. The summed E-state index contributed by atoms with van der Waals surface area (Å²) in [7, 11) is 0. The number of carbonyl (C=O) groups is 13. The van der Waals surface area contributed by atoms with E-state index in [4.69, 9.17) is 40.1 Å². The summed E-state index contributed by atoms with van der Waals surface area (Å²) < 4.78 is 0. The van der Waals surface area contributed by atoms with Crippen LogP contribution in [-0.2, 0) is 75.2 Å². The van der Waals surface area contributed by atoms with Crippen molar-refractivity contribution >= 4 is 94.5 Å². The SMILES string of the molecule is CSCC[C@H](NC(=O)[C@@H](CC(C)C)NC(=O)CNC(=O)[C@@H](Cc1ccccc1)NC(=O)[C@@H](Cc1ccccc1)NC(=O)[C@H](CCC(N)=O)NC(=O)[C@@H](CCC(N)=O)NC(=O)[C@@H]1CCCN1C(=O)[C@@H](CCCCN)NC(=O)[C@H]1CCCN1C(=O)[C@H](N)CCCN=C(N)N)C(N)=O. The summed E-state index contributed by atoms with van der Waals surface area (Å²) in [6.45, 7) is 3.86. The zero-order valence-corrected chi connectivity index (χ0v) is 55.3. The van der Waals surface area contributed by atoms with Crippen LogP contribution in [0.4, 0.5) is 0 Å². The summed E-state index contributed by atoms with van der Waals surface area (Å²) in [6.07, 6.45) is 3.12. The lowest BCUT2D eigenvalue weighted by Crippen LogP contribution is -2.60. The summed E-state index contributed by atoms with van der Waals surface area (Å²) in [5.41, 5.74) is 40.6. The van der Waals surface area contributed by atoms with Crippen LogP contribution >= 0.6 is 11.8 Å². The summed E-state index contributed by atoms with van der Waals surface area (Å²) in [4.78, 5) is 185. The molecule has 524 valence electrons. The van der Waals surface area contributed by atoms with Crippen LogP contribution in [0, 0.1) is 5.92 Å². The molecule has 32 heteroatoms. The summed E-state index contributed by atoms with van der Waals surface area (Å²) >= 11 is 1.45. The molecule has 0 radical (unpaired) electrons. The maximum atomic E-state index is 14.7. The van der Waals surface area contributed by atoms with Crippen LogP contribution in [0.1, 0.15) is 121 Å². The van der Waals surface area contributed by atoms with E-state index in [0.717, 1.165) is 0 Å². The molecule has 22 N–H and O–H groups in total. The van der Waals surface area contributed by atoms with Crippen molar-refractivity contribution in [2.24, 2.45) is 51.0 Å². The predicted octanol–water partition coefficient (Wildman–Crippen LogP) is -3.71. The molecule has 0 bridgehead atoms. The van der Waals surface area contributed by atoms with E-state index in [1.807, 2.05) is 20.1 Å². The first-order valence-corrected chi connectivity index (χ1v) is 33.6. The number of amides is 13. The summed E-state index contributed by atoms with van der Waals surface area (Å²) in [6, 6.07) is 4.51. The lowest BCUT2D eigenvalue weighted by molar-refractivity contribution is -0.144. The average Bonchev–Trinajstić information content (AvgIpc) is 1.74. The van der Waals surface area contributed by atoms with Crippen molar-refractivity contribution in [3.05, 3.63) is 71.8 Å². The molecular weight excluding hydrogens is 1250 g/mol. The lowest BCUT2D eigenvalue weighted by Gasteiger charge is -2.32. The molecular formula is C63H98N18O13S. The number of nitrogens with zero attached hydrogens (tertiary/aromatic N) is 3. The molecule has 95 heavy (non-hydrogen) atoms. The standard InChI is InChI=1S/C63H98N18O13S/c1-37(2)33-45(57(89)74-41(53(68)85)27-32-95-3)73-52(84)36-72-54(86)46(34-38-15-6-4-7-16-38)78-58(90)47(35-39-17-8-5-9-18-39)79-56(88)42(23-25-50(66)82)75-55(87)43(24-26-51(67)83)76-59(91)49-22-14-31-81(49)62(94)44(20-10-11-28-64)77-60(92)48-21-13-30-80(48)61(93)40(65)19-12-29-71-63(69)70/h4-9,15-18,37,40-49H,10-14,19-36,64-65H2,1-3H3,(H2,66,82)(H2,67,83)(H2,68,85)(H,72,86)(H,73,84)(H,74,89)(H,75,87)(H,76,91)(H,77,92)(H,78,90)(H,79,88)(H4,69,70,71)/t40-,41+,42+,43-,44-,45-,46-,47-,48-,49+/m1/s1. The van der Waals surface area contributed by atoms with E-state index in [9.17, 15) is 62.3 Å². The first-order valence-electron chi connectivity index (χ1n) is 32.2. The van der Waals surface area contributed by atoms with Crippen LogP contribution in [-0.4, -0.2) is 198 Å². The third-order valence-corrected chi connectivity index (χ3v) is 16.7. The second-order valence-electron chi connectivity index (χ2n) is 24.1. The fraction of sp³-hybridized carbons (Fsp3) is 0.587. The number of hydrogen-bond donors (Lipinski definition) is 15. The number of likely N-dealkylation sites (tertiary alicyclic amines) is 2. The molecule has 31 nitrogen and oxygen atoms in total. The van der Waals surface area contributed by atoms with Crippen molar-refractivity contribution in [2.75, 3.05) is 44.7 Å². The van der Waals surface area contributed by atoms with Crippen molar-refractivity contribution in [1.82, 2.24) is 52.3 Å². The number of guanidine groups is 1. The van der Waals surface area contributed by atoms with Crippen LogP contribution in [0.2, 0.25) is 0 Å². The third-order valence-electron chi connectivity index (χ3n) is 16.0. The maximum Gasteiger partial charge on any atom is 0.245 e. The van der Waals surface area contributed by atoms with Gasteiger partial charge in [-0.05, 0) is 119 Å². The number of nitrogens with one attached hydrogen (secondary N) is 8. The topological polar surface area (TPSA) is 519 Å². The van der Waals surface area contributed by atoms with Crippen LogP contribution in [0.25, 0.3) is 0 Å². The predicted molar refractivity (Wildman–Crippen MR) is 356 cm³/mol. The number of nitrogens with two attached hydrogens (primary N) is 7. The molecule has 2 fully saturated rings. The van der Waals surface area contributed by atoms with Gasteiger partial charge in [-0.2, -0.15) is 11.8 Å². The summed E-state index contributed by atoms with van der Waals surface area (Å²) in [5, 5.41) is 21.1. The lowest BCUT2D eigenvalue weighted by atomic mass is 10.0. The normalized spacial score (nSPS) is 16.8. The van der Waals surface area contributed by atoms with Gasteiger partial charge < -0.3 is 92.5 Å². The van der Waals surface area contributed by atoms with Gasteiger partial charge in [0.15, 0.2) is 5.96 Å². The minimum Gasteiger partial charge on any atom is -0.370 e. The fourth-order valence-electron chi connectivity index (χ4n) is 11.0. The van der Waals surface area contributed by atoms with Crippen molar-refractivity contribution in [3.8, 4) is 0 Å². The highest BCUT2D eigenvalue weighted by Gasteiger charge is 2.42. The van der Waals surface area contributed by atoms with E-state index < -0.39 is 169 Å². The molecule has 2 aliphatic heterocycles. The maximum absolute atomic E-state index is 14.7. The Hall–Kier alpha value is -8.91. The van der Waals surface area contributed by atoms with Gasteiger partial charge in [0.2, 0.25) is 76.8 Å². The van der Waals surface area contributed by atoms with E-state index in [1.54, 1.807) is 60.7 Å². The Morgan fingerprint density at radius 3 is 1.51 bits per heavy atom. The molecule has 4 rings (SSSR count). The van der Waals surface area contributed by atoms with Gasteiger partial charge in [-0.15, -0.1) is 0 Å². The Kier molecular flexibility index (Phi) is 33.9. The zero-order chi connectivity index (χ0) is 70.1. The van der Waals surface area contributed by atoms with Gasteiger partial charge >= 0.3 is 0 Å². The molecule has 2 aromatic rings. The molecule has 10 atom stereocenters. The minimum absolute atomic E-state index is 0.0736. The van der Waals surface area contributed by atoms with Crippen LogP contribution in [0.5, 0.6) is 0 Å². The number of thioether (sulfide) groups is 1. The van der Waals surface area contributed by atoms with Gasteiger partial charge in [0, 0.05) is 45.3 Å². The largest absolute Gasteiger partial charge is 0.370 e. The second kappa shape index (κ2) is 41.0. The number of benzene rings is 2. The molecule has 2 heterocycles. The quantitative estimate of drug-likeness (QED) is 0.0173. The number of primary amides is 3. The second-order valence-corrected chi connectivity index (χ2v) is 25.1. The number of hydrogen-bond acceptors (Lipinski definition) is 17. The van der Waals surface area contributed by atoms with Crippen molar-refractivity contribution < 1.29 is 62.3 Å². The van der Waals surface area contributed by atoms with Gasteiger partial charge in [-0.25, -0.2) is 0 Å².